The van der Waals surface area contributed by atoms with Crippen LogP contribution in [0.3, 0.4) is 0 Å². The van der Waals surface area contributed by atoms with Gasteiger partial charge in [-0.1, -0.05) is 30.3 Å². The van der Waals surface area contributed by atoms with Crippen LogP contribution in [0, 0.1) is 5.41 Å². The summed E-state index contributed by atoms with van der Waals surface area (Å²) in [5.41, 5.74) is 3.37. The summed E-state index contributed by atoms with van der Waals surface area (Å²) in [6.07, 6.45) is 6.41. The molecule has 1 fully saturated rings. The first kappa shape index (κ1) is 20.8. The minimum absolute atomic E-state index is 0.239. The number of carbonyl (C=O) groups excluding carboxylic acids is 1. The standard InChI is InChI=1S/C25H29N3OS/c1-27(2)24(29)25(12-6-15-28(19-25)18-20-10-13-26-14-11-20)17-21-7-3-4-8-22(21)23-9-5-16-30-23/h3-5,7-11,13-14,16H,6,12,15,17-19H2,1-2H3/t25-/m1/s1. The maximum atomic E-state index is 13.5. The third kappa shape index (κ3) is 4.47. The van der Waals surface area contributed by atoms with E-state index in [0.717, 1.165) is 38.9 Å². The van der Waals surface area contributed by atoms with Gasteiger partial charge in [0.1, 0.15) is 0 Å². The molecule has 0 radical (unpaired) electrons. The highest BCUT2D eigenvalue weighted by molar-refractivity contribution is 7.13. The molecule has 1 aromatic carbocycles. The third-order valence-electron chi connectivity index (χ3n) is 6.00. The summed E-state index contributed by atoms with van der Waals surface area (Å²) in [6.45, 7) is 2.67. The van der Waals surface area contributed by atoms with Crippen LogP contribution in [0.15, 0.2) is 66.3 Å². The summed E-state index contributed by atoms with van der Waals surface area (Å²) >= 11 is 1.76. The first-order chi connectivity index (χ1) is 14.6. The Balaban J connectivity index is 1.65. The van der Waals surface area contributed by atoms with Crippen LogP contribution in [-0.4, -0.2) is 47.9 Å². The Bertz CT molecular complexity index is 971. The molecule has 1 aliphatic heterocycles. The normalized spacial score (nSPS) is 19.5. The number of benzene rings is 1. The molecule has 5 heteroatoms. The number of thiophene rings is 1. The number of piperidine rings is 1. The largest absolute Gasteiger partial charge is 0.348 e. The van der Waals surface area contributed by atoms with Crippen LogP contribution in [-0.2, 0) is 17.8 Å². The van der Waals surface area contributed by atoms with E-state index >= 15 is 0 Å². The molecule has 156 valence electrons. The zero-order valence-electron chi connectivity index (χ0n) is 17.8. The van der Waals surface area contributed by atoms with Gasteiger partial charge < -0.3 is 4.90 Å². The monoisotopic (exact) mass is 419 g/mol. The lowest BCUT2D eigenvalue weighted by Crippen LogP contribution is -2.52. The Morgan fingerprint density at radius 3 is 2.67 bits per heavy atom. The van der Waals surface area contributed by atoms with Crippen molar-refractivity contribution in [3.05, 3.63) is 77.4 Å². The van der Waals surface area contributed by atoms with Crippen molar-refractivity contribution in [2.24, 2.45) is 5.41 Å². The van der Waals surface area contributed by atoms with Crippen LogP contribution in [0.1, 0.15) is 24.0 Å². The number of aromatic nitrogens is 1. The highest BCUT2D eigenvalue weighted by atomic mass is 32.1. The van der Waals surface area contributed by atoms with E-state index in [9.17, 15) is 4.79 Å². The summed E-state index contributed by atoms with van der Waals surface area (Å²) in [6, 6.07) is 17.0. The van der Waals surface area contributed by atoms with Crippen molar-refractivity contribution in [2.45, 2.75) is 25.8 Å². The SMILES string of the molecule is CN(C)C(=O)[C@@]1(Cc2ccccc2-c2cccs2)CCCN(Cc2ccncc2)C1. The van der Waals surface area contributed by atoms with Gasteiger partial charge in [0.25, 0.3) is 0 Å². The fourth-order valence-electron chi connectivity index (χ4n) is 4.69. The lowest BCUT2D eigenvalue weighted by molar-refractivity contribution is -0.143. The van der Waals surface area contributed by atoms with Crippen molar-refractivity contribution in [1.29, 1.82) is 0 Å². The number of carbonyl (C=O) groups is 1. The van der Waals surface area contributed by atoms with Gasteiger partial charge in [0.15, 0.2) is 0 Å². The number of pyridine rings is 1. The van der Waals surface area contributed by atoms with Gasteiger partial charge in [-0.2, -0.15) is 0 Å². The van der Waals surface area contributed by atoms with Gasteiger partial charge in [-0.3, -0.25) is 14.7 Å². The van der Waals surface area contributed by atoms with E-state index in [1.807, 2.05) is 26.5 Å². The molecule has 0 aliphatic carbocycles. The molecule has 0 unspecified atom stereocenters. The molecule has 1 atom stereocenters. The second kappa shape index (κ2) is 9.11. The number of amides is 1. The van der Waals surface area contributed by atoms with E-state index in [-0.39, 0.29) is 5.91 Å². The third-order valence-corrected chi connectivity index (χ3v) is 6.91. The van der Waals surface area contributed by atoms with E-state index in [1.54, 1.807) is 16.2 Å². The van der Waals surface area contributed by atoms with E-state index in [0.29, 0.717) is 0 Å². The average Bonchev–Trinajstić information content (AvgIpc) is 3.29. The predicted molar refractivity (Wildman–Crippen MR) is 123 cm³/mol. The van der Waals surface area contributed by atoms with Crippen LogP contribution in [0.25, 0.3) is 10.4 Å². The van der Waals surface area contributed by atoms with Crippen molar-refractivity contribution < 1.29 is 4.79 Å². The molecule has 0 bridgehead atoms. The minimum atomic E-state index is -0.401. The highest BCUT2D eigenvalue weighted by Crippen LogP contribution is 2.39. The summed E-state index contributed by atoms with van der Waals surface area (Å²) < 4.78 is 0. The number of rotatable bonds is 6. The molecular weight excluding hydrogens is 390 g/mol. The number of hydrogen-bond acceptors (Lipinski definition) is 4. The van der Waals surface area contributed by atoms with Gasteiger partial charge in [-0.05, 0) is 66.1 Å². The van der Waals surface area contributed by atoms with Crippen molar-refractivity contribution in [1.82, 2.24) is 14.8 Å². The minimum Gasteiger partial charge on any atom is -0.348 e. The van der Waals surface area contributed by atoms with Crippen LogP contribution >= 0.6 is 11.3 Å². The molecule has 30 heavy (non-hydrogen) atoms. The lowest BCUT2D eigenvalue weighted by atomic mass is 9.73. The second-order valence-electron chi connectivity index (χ2n) is 8.46. The Labute approximate surface area is 183 Å². The van der Waals surface area contributed by atoms with Crippen molar-refractivity contribution in [3.8, 4) is 10.4 Å². The van der Waals surface area contributed by atoms with Crippen molar-refractivity contribution >= 4 is 17.2 Å². The van der Waals surface area contributed by atoms with Gasteiger partial charge in [0, 0.05) is 44.5 Å². The fourth-order valence-corrected chi connectivity index (χ4v) is 5.48. The van der Waals surface area contributed by atoms with Crippen LogP contribution in [0.5, 0.6) is 0 Å². The molecule has 3 aromatic rings. The highest BCUT2D eigenvalue weighted by Gasteiger charge is 2.43. The Morgan fingerprint density at radius 1 is 1.13 bits per heavy atom. The van der Waals surface area contributed by atoms with Crippen molar-refractivity contribution in [3.63, 3.8) is 0 Å². The van der Waals surface area contributed by atoms with Crippen LogP contribution in [0.4, 0.5) is 0 Å². The molecular formula is C25H29N3OS. The number of hydrogen-bond donors (Lipinski definition) is 0. The van der Waals surface area contributed by atoms with Crippen LogP contribution < -0.4 is 0 Å². The number of nitrogens with zero attached hydrogens (tertiary/aromatic N) is 3. The van der Waals surface area contributed by atoms with E-state index in [1.165, 1.54) is 21.6 Å². The molecule has 1 saturated heterocycles. The summed E-state index contributed by atoms with van der Waals surface area (Å²) in [5.74, 6) is 0.239. The molecule has 1 aliphatic rings. The molecule has 4 nitrogen and oxygen atoms in total. The topological polar surface area (TPSA) is 36.4 Å². The van der Waals surface area contributed by atoms with E-state index in [2.05, 4.69) is 63.8 Å². The molecule has 3 heterocycles. The zero-order valence-corrected chi connectivity index (χ0v) is 18.6. The maximum Gasteiger partial charge on any atom is 0.229 e. The maximum absolute atomic E-state index is 13.5. The smallest absolute Gasteiger partial charge is 0.229 e. The quantitative estimate of drug-likeness (QED) is 0.580. The molecule has 0 N–H and O–H groups in total. The van der Waals surface area contributed by atoms with Crippen molar-refractivity contribution in [2.75, 3.05) is 27.2 Å². The van der Waals surface area contributed by atoms with Gasteiger partial charge >= 0.3 is 0 Å². The Hall–Kier alpha value is -2.50. The van der Waals surface area contributed by atoms with Crippen LogP contribution in [0.2, 0.25) is 0 Å². The summed E-state index contributed by atoms with van der Waals surface area (Å²) in [4.78, 5) is 23.1. The molecule has 1 amide bonds. The zero-order chi connectivity index (χ0) is 21.0. The first-order valence-electron chi connectivity index (χ1n) is 10.5. The Kier molecular flexibility index (Phi) is 6.30. The van der Waals surface area contributed by atoms with E-state index in [4.69, 9.17) is 0 Å². The van der Waals surface area contributed by atoms with Gasteiger partial charge in [-0.15, -0.1) is 11.3 Å². The Morgan fingerprint density at radius 2 is 1.93 bits per heavy atom. The summed E-state index contributed by atoms with van der Waals surface area (Å²) in [7, 11) is 3.77. The average molecular weight is 420 g/mol. The lowest BCUT2D eigenvalue weighted by Gasteiger charge is -2.43. The predicted octanol–water partition coefficient (Wildman–Crippen LogP) is 4.72. The second-order valence-corrected chi connectivity index (χ2v) is 9.41. The summed E-state index contributed by atoms with van der Waals surface area (Å²) in [5, 5.41) is 2.11. The number of likely N-dealkylation sites (tertiary alicyclic amines) is 1. The van der Waals surface area contributed by atoms with Gasteiger partial charge in [0.2, 0.25) is 5.91 Å². The molecule has 0 saturated carbocycles. The van der Waals surface area contributed by atoms with Gasteiger partial charge in [-0.25, -0.2) is 0 Å². The fraction of sp³-hybridized carbons (Fsp3) is 0.360. The van der Waals surface area contributed by atoms with Gasteiger partial charge in [0.05, 0.1) is 5.41 Å². The molecule has 0 spiro atoms. The molecule has 2 aromatic heterocycles. The van der Waals surface area contributed by atoms with E-state index < -0.39 is 5.41 Å². The first-order valence-corrected chi connectivity index (χ1v) is 11.4. The molecule has 4 rings (SSSR count).